The predicted octanol–water partition coefficient (Wildman–Crippen LogP) is 4.57. The predicted molar refractivity (Wildman–Crippen MR) is 62.2 cm³/mol. The van der Waals surface area contributed by atoms with E-state index in [-0.39, 0.29) is 1.93 Å². The standard InChI is InChI=1S/C8H5F3I2/c9-8(10,11)6-3-1-5(2-4-6)7(12)13/h1-4,7H. The van der Waals surface area contributed by atoms with Crippen molar-refractivity contribution in [2.45, 2.75) is 8.11 Å². The average molecular weight is 412 g/mol. The van der Waals surface area contributed by atoms with Crippen molar-refractivity contribution in [1.29, 1.82) is 0 Å². The van der Waals surface area contributed by atoms with E-state index in [1.54, 1.807) is 0 Å². The number of rotatable bonds is 1. The molecule has 72 valence electrons. The third-order valence-electron chi connectivity index (χ3n) is 1.49. The molecule has 0 unspecified atom stereocenters. The Hall–Kier alpha value is 0.470. The molecule has 5 heteroatoms. The molecule has 0 saturated carbocycles. The SMILES string of the molecule is FC(F)(F)c1ccc(C(I)I)cc1. The van der Waals surface area contributed by atoms with Gasteiger partial charge in [-0.25, -0.2) is 0 Å². The molecule has 0 heterocycles. The maximum atomic E-state index is 12.1. The van der Waals surface area contributed by atoms with Crippen LogP contribution < -0.4 is 0 Å². The summed E-state index contributed by atoms with van der Waals surface area (Å²) in [7, 11) is 0. The minimum absolute atomic E-state index is 0.206. The molecule has 0 aliphatic rings. The highest BCUT2D eigenvalue weighted by atomic mass is 127. The van der Waals surface area contributed by atoms with Gasteiger partial charge >= 0.3 is 6.18 Å². The van der Waals surface area contributed by atoms with Crippen LogP contribution in [0.15, 0.2) is 24.3 Å². The summed E-state index contributed by atoms with van der Waals surface area (Å²) in [5.41, 5.74) is 0.305. The minimum atomic E-state index is -4.23. The molecule has 1 aromatic carbocycles. The summed E-state index contributed by atoms with van der Waals surface area (Å²) in [6.07, 6.45) is -4.23. The Kier molecular flexibility index (Phi) is 3.84. The van der Waals surface area contributed by atoms with E-state index in [9.17, 15) is 13.2 Å². The molecule has 1 rings (SSSR count). The Morgan fingerprint density at radius 3 is 1.77 bits per heavy atom. The monoisotopic (exact) mass is 412 g/mol. The largest absolute Gasteiger partial charge is 0.416 e. The fourth-order valence-electron chi connectivity index (χ4n) is 0.818. The van der Waals surface area contributed by atoms with Crippen LogP contribution in [0.4, 0.5) is 13.2 Å². The van der Waals surface area contributed by atoms with E-state index >= 15 is 0 Å². The molecule has 0 aliphatic heterocycles. The van der Waals surface area contributed by atoms with Crippen LogP contribution in [0.5, 0.6) is 0 Å². The fourth-order valence-corrected chi connectivity index (χ4v) is 1.65. The van der Waals surface area contributed by atoms with Crippen molar-refractivity contribution in [3.8, 4) is 0 Å². The smallest absolute Gasteiger partial charge is 0.166 e. The van der Waals surface area contributed by atoms with Gasteiger partial charge in [-0.05, 0) is 17.7 Å². The van der Waals surface area contributed by atoms with Crippen molar-refractivity contribution >= 4 is 45.2 Å². The number of halogens is 5. The van der Waals surface area contributed by atoms with Gasteiger partial charge in [0.2, 0.25) is 0 Å². The van der Waals surface area contributed by atoms with Crippen LogP contribution in [0.1, 0.15) is 13.1 Å². The van der Waals surface area contributed by atoms with Gasteiger partial charge in [0.1, 0.15) is 0 Å². The molecule has 13 heavy (non-hydrogen) atoms. The molecule has 0 nitrogen and oxygen atoms in total. The first-order valence-corrected chi connectivity index (χ1v) is 5.85. The second-order valence-corrected chi connectivity index (χ2v) is 7.30. The number of benzene rings is 1. The van der Waals surface area contributed by atoms with Crippen molar-refractivity contribution in [3.05, 3.63) is 35.4 Å². The lowest BCUT2D eigenvalue weighted by molar-refractivity contribution is -0.137. The zero-order valence-electron chi connectivity index (χ0n) is 6.28. The fraction of sp³-hybridized carbons (Fsp3) is 0.250. The van der Waals surface area contributed by atoms with E-state index in [0.717, 1.165) is 17.7 Å². The highest BCUT2D eigenvalue weighted by Crippen LogP contribution is 2.33. The molecule has 0 N–H and O–H groups in total. The lowest BCUT2D eigenvalue weighted by Gasteiger charge is -2.07. The highest BCUT2D eigenvalue weighted by molar-refractivity contribution is 14.2. The van der Waals surface area contributed by atoms with Gasteiger partial charge in [-0.2, -0.15) is 13.2 Å². The third kappa shape index (κ3) is 3.26. The maximum Gasteiger partial charge on any atom is 0.416 e. The first-order valence-electron chi connectivity index (χ1n) is 3.36. The van der Waals surface area contributed by atoms with Crippen molar-refractivity contribution in [3.63, 3.8) is 0 Å². The number of hydrogen-bond acceptors (Lipinski definition) is 0. The summed E-state index contributed by atoms with van der Waals surface area (Å²) < 4.78 is 36.6. The lowest BCUT2D eigenvalue weighted by atomic mass is 10.1. The molecule has 0 fully saturated rings. The zero-order chi connectivity index (χ0) is 10.1. The van der Waals surface area contributed by atoms with E-state index in [2.05, 4.69) is 45.2 Å². The van der Waals surface area contributed by atoms with Gasteiger partial charge in [0.15, 0.2) is 0 Å². The van der Waals surface area contributed by atoms with Crippen LogP contribution in [0.25, 0.3) is 0 Å². The zero-order valence-corrected chi connectivity index (χ0v) is 10.6. The maximum absolute atomic E-state index is 12.1. The molecule has 1 aromatic rings. The lowest BCUT2D eigenvalue weighted by Crippen LogP contribution is -2.04. The van der Waals surface area contributed by atoms with E-state index in [4.69, 9.17) is 0 Å². The molecule has 0 saturated heterocycles. The second kappa shape index (κ2) is 4.33. The summed E-state index contributed by atoms with van der Waals surface area (Å²) in [6, 6.07) is 5.23. The first-order chi connectivity index (χ1) is 5.91. The van der Waals surface area contributed by atoms with Gasteiger partial charge < -0.3 is 0 Å². The Morgan fingerprint density at radius 2 is 1.46 bits per heavy atom. The topological polar surface area (TPSA) is 0 Å². The Bertz CT molecular complexity index is 276. The summed E-state index contributed by atoms with van der Waals surface area (Å²) >= 11 is 4.29. The van der Waals surface area contributed by atoms with Crippen LogP contribution in [0, 0.1) is 0 Å². The van der Waals surface area contributed by atoms with Crippen molar-refractivity contribution in [2.24, 2.45) is 0 Å². The Labute approximate surface area is 101 Å². The van der Waals surface area contributed by atoms with E-state index in [1.807, 2.05) is 0 Å². The average Bonchev–Trinajstić information content (AvgIpc) is 2.03. The number of hydrogen-bond donors (Lipinski definition) is 0. The Balaban J connectivity index is 2.94. The van der Waals surface area contributed by atoms with Gasteiger partial charge in [-0.1, -0.05) is 57.3 Å². The van der Waals surface area contributed by atoms with Crippen LogP contribution in [-0.4, -0.2) is 0 Å². The normalized spacial score (nSPS) is 12.2. The van der Waals surface area contributed by atoms with E-state index in [1.165, 1.54) is 12.1 Å². The molecule has 0 aromatic heterocycles. The van der Waals surface area contributed by atoms with Crippen molar-refractivity contribution < 1.29 is 13.2 Å². The van der Waals surface area contributed by atoms with Crippen LogP contribution in [0.2, 0.25) is 0 Å². The summed E-state index contributed by atoms with van der Waals surface area (Å²) in [5.74, 6) is 0. The summed E-state index contributed by atoms with van der Waals surface area (Å²) in [4.78, 5) is 0. The van der Waals surface area contributed by atoms with Gasteiger partial charge in [-0.15, -0.1) is 0 Å². The quantitative estimate of drug-likeness (QED) is 0.469. The van der Waals surface area contributed by atoms with Gasteiger partial charge in [0.05, 0.1) is 7.49 Å². The highest BCUT2D eigenvalue weighted by Gasteiger charge is 2.29. The van der Waals surface area contributed by atoms with Gasteiger partial charge in [-0.3, -0.25) is 0 Å². The Morgan fingerprint density at radius 1 is 1.00 bits per heavy atom. The minimum Gasteiger partial charge on any atom is -0.166 e. The molecular weight excluding hydrogens is 407 g/mol. The van der Waals surface area contributed by atoms with E-state index in [0.29, 0.717) is 0 Å². The number of alkyl halides is 5. The van der Waals surface area contributed by atoms with E-state index < -0.39 is 11.7 Å². The van der Waals surface area contributed by atoms with Crippen LogP contribution in [-0.2, 0) is 6.18 Å². The van der Waals surface area contributed by atoms with Gasteiger partial charge in [0, 0.05) is 0 Å². The van der Waals surface area contributed by atoms with Crippen molar-refractivity contribution in [1.82, 2.24) is 0 Å². The first kappa shape index (κ1) is 11.5. The summed E-state index contributed by atoms with van der Waals surface area (Å²) in [6.45, 7) is 0. The molecular formula is C8H5F3I2. The van der Waals surface area contributed by atoms with Crippen LogP contribution >= 0.6 is 45.2 Å². The molecule has 0 atom stereocenters. The third-order valence-corrected chi connectivity index (χ3v) is 2.93. The second-order valence-electron chi connectivity index (χ2n) is 2.42. The molecule has 0 amide bonds. The van der Waals surface area contributed by atoms with Crippen molar-refractivity contribution in [2.75, 3.05) is 0 Å². The summed E-state index contributed by atoms with van der Waals surface area (Å²) in [5, 5.41) is 0. The molecule has 0 radical (unpaired) electrons. The van der Waals surface area contributed by atoms with Gasteiger partial charge in [0.25, 0.3) is 0 Å². The molecule has 0 bridgehead atoms. The molecule has 0 spiro atoms. The molecule has 0 aliphatic carbocycles. The van der Waals surface area contributed by atoms with Crippen LogP contribution in [0.3, 0.4) is 0 Å².